The van der Waals surface area contributed by atoms with Gasteiger partial charge in [0.1, 0.15) is 11.5 Å². The predicted octanol–water partition coefficient (Wildman–Crippen LogP) is 0.809. The maximum absolute atomic E-state index is 11.9. The fourth-order valence-electron chi connectivity index (χ4n) is 2.47. The highest BCUT2D eigenvalue weighted by Gasteiger charge is 2.28. The van der Waals surface area contributed by atoms with Crippen molar-refractivity contribution in [3.8, 4) is 11.5 Å². The third-order valence-electron chi connectivity index (χ3n) is 3.67. The van der Waals surface area contributed by atoms with Crippen molar-refractivity contribution in [2.24, 2.45) is 0 Å². The summed E-state index contributed by atoms with van der Waals surface area (Å²) in [6, 6.07) is 5.10. The Kier molecular flexibility index (Phi) is 5.70. The first-order valence-electron chi connectivity index (χ1n) is 7.39. The number of methoxy groups -OCH3 is 2. The molecule has 0 aromatic heterocycles. The fraction of sp³-hybridized carbons (Fsp3) is 0.533. The molecule has 0 bridgehead atoms. The number of nitrogens with one attached hydrogen (secondary N) is 2. The van der Waals surface area contributed by atoms with Crippen LogP contribution in [0.4, 0.5) is 5.69 Å². The Balaban J connectivity index is 1.81. The molecule has 1 unspecified atom stereocenters. The van der Waals surface area contributed by atoms with Crippen molar-refractivity contribution in [1.82, 2.24) is 5.32 Å². The van der Waals surface area contributed by atoms with Crippen molar-refractivity contribution in [1.29, 1.82) is 0 Å². The Labute approximate surface area is 136 Å². The summed E-state index contributed by atoms with van der Waals surface area (Å²) in [5.74, 6) is 1.37. The van der Waals surface area contributed by atoms with Gasteiger partial charge in [-0.3, -0.25) is 4.79 Å². The Morgan fingerprint density at radius 1 is 1.30 bits per heavy atom. The molecule has 7 nitrogen and oxygen atoms in total. The summed E-state index contributed by atoms with van der Waals surface area (Å²) in [4.78, 5) is 11.9. The van der Waals surface area contributed by atoms with Crippen LogP contribution >= 0.6 is 0 Å². The lowest BCUT2D eigenvalue weighted by Crippen LogP contribution is -2.36. The van der Waals surface area contributed by atoms with Crippen molar-refractivity contribution >= 4 is 21.4 Å². The van der Waals surface area contributed by atoms with Crippen LogP contribution < -0.4 is 20.1 Å². The number of amides is 1. The molecular formula is C15H22N2O5S. The minimum atomic E-state index is -2.98. The molecule has 1 aliphatic rings. The molecule has 1 heterocycles. The second-order valence-corrected chi connectivity index (χ2v) is 7.64. The van der Waals surface area contributed by atoms with Crippen LogP contribution in [0, 0.1) is 0 Å². The summed E-state index contributed by atoms with van der Waals surface area (Å²) in [5.41, 5.74) is 0.739. The van der Waals surface area contributed by atoms with E-state index in [4.69, 9.17) is 9.47 Å². The van der Waals surface area contributed by atoms with Gasteiger partial charge < -0.3 is 20.1 Å². The van der Waals surface area contributed by atoms with E-state index in [-0.39, 0.29) is 29.9 Å². The highest BCUT2D eigenvalue weighted by molar-refractivity contribution is 7.91. The van der Waals surface area contributed by atoms with Crippen LogP contribution in [0.1, 0.15) is 12.8 Å². The lowest BCUT2D eigenvalue weighted by atomic mass is 10.2. The standard InChI is InChI=1S/C15H22N2O5S/c1-21-12-3-4-14(22-2)13(9-12)16-7-5-15(18)17-11-6-8-23(19,20)10-11/h3-4,9,11,16H,5-8,10H2,1-2H3,(H,17,18). The van der Waals surface area contributed by atoms with Gasteiger partial charge in [-0.25, -0.2) is 8.42 Å². The smallest absolute Gasteiger partial charge is 0.222 e. The van der Waals surface area contributed by atoms with Crippen LogP contribution in [0.25, 0.3) is 0 Å². The molecule has 2 N–H and O–H groups in total. The highest BCUT2D eigenvalue weighted by Crippen LogP contribution is 2.28. The van der Waals surface area contributed by atoms with Gasteiger partial charge in [0.15, 0.2) is 9.84 Å². The molecule has 1 fully saturated rings. The molecule has 0 saturated carbocycles. The molecule has 2 rings (SSSR count). The van der Waals surface area contributed by atoms with E-state index in [1.165, 1.54) is 0 Å². The van der Waals surface area contributed by atoms with Crippen LogP contribution in [-0.2, 0) is 14.6 Å². The third kappa shape index (κ3) is 5.02. The first kappa shape index (κ1) is 17.4. The molecule has 0 aliphatic carbocycles. The minimum Gasteiger partial charge on any atom is -0.497 e. The summed E-state index contributed by atoms with van der Waals surface area (Å²) in [6.45, 7) is 0.412. The van der Waals surface area contributed by atoms with Crippen molar-refractivity contribution in [2.45, 2.75) is 18.9 Å². The van der Waals surface area contributed by atoms with Crippen LogP contribution in [0.2, 0.25) is 0 Å². The average molecular weight is 342 g/mol. The largest absolute Gasteiger partial charge is 0.497 e. The van der Waals surface area contributed by atoms with E-state index in [1.807, 2.05) is 0 Å². The quantitative estimate of drug-likeness (QED) is 0.762. The maximum Gasteiger partial charge on any atom is 0.222 e. The van der Waals surface area contributed by atoms with Crippen molar-refractivity contribution in [3.05, 3.63) is 18.2 Å². The number of carbonyl (C=O) groups is 1. The number of benzene rings is 1. The molecule has 1 saturated heterocycles. The molecule has 1 atom stereocenters. The molecule has 0 radical (unpaired) electrons. The monoisotopic (exact) mass is 342 g/mol. The number of sulfone groups is 1. The highest BCUT2D eigenvalue weighted by atomic mass is 32.2. The van der Waals surface area contributed by atoms with Crippen molar-refractivity contribution in [2.75, 3.05) is 37.6 Å². The number of rotatable bonds is 7. The zero-order valence-corrected chi connectivity index (χ0v) is 14.1. The summed E-state index contributed by atoms with van der Waals surface area (Å²) >= 11 is 0. The van der Waals surface area contributed by atoms with Gasteiger partial charge in [0, 0.05) is 25.1 Å². The topological polar surface area (TPSA) is 93.7 Å². The molecule has 1 aliphatic heterocycles. The fourth-order valence-corrected chi connectivity index (χ4v) is 4.14. The summed E-state index contributed by atoms with van der Waals surface area (Å²) in [7, 11) is 0.166. The third-order valence-corrected chi connectivity index (χ3v) is 5.44. The van der Waals surface area contributed by atoms with Crippen LogP contribution in [0.3, 0.4) is 0 Å². The van der Waals surface area contributed by atoms with E-state index in [9.17, 15) is 13.2 Å². The first-order chi connectivity index (χ1) is 10.9. The average Bonchev–Trinajstić information content (AvgIpc) is 2.85. The number of ether oxygens (including phenoxy) is 2. The lowest BCUT2D eigenvalue weighted by Gasteiger charge is -2.14. The number of hydrogen-bond acceptors (Lipinski definition) is 6. The van der Waals surface area contributed by atoms with Gasteiger partial charge in [-0.2, -0.15) is 0 Å². The Morgan fingerprint density at radius 2 is 2.09 bits per heavy atom. The van der Waals surface area contributed by atoms with Gasteiger partial charge in [0.05, 0.1) is 31.4 Å². The summed E-state index contributed by atoms with van der Waals surface area (Å²) in [5, 5.41) is 5.88. The zero-order valence-electron chi connectivity index (χ0n) is 13.3. The summed E-state index contributed by atoms with van der Waals surface area (Å²) < 4.78 is 33.1. The molecule has 23 heavy (non-hydrogen) atoms. The SMILES string of the molecule is COc1ccc(OC)c(NCCC(=O)NC2CCS(=O)(=O)C2)c1. The van der Waals surface area contributed by atoms with Gasteiger partial charge in [-0.1, -0.05) is 0 Å². The number of carbonyl (C=O) groups excluding carboxylic acids is 1. The van der Waals surface area contributed by atoms with Gasteiger partial charge >= 0.3 is 0 Å². The second-order valence-electron chi connectivity index (χ2n) is 5.41. The van der Waals surface area contributed by atoms with E-state index >= 15 is 0 Å². The van der Waals surface area contributed by atoms with Gasteiger partial charge in [0.2, 0.25) is 5.91 Å². The van der Waals surface area contributed by atoms with E-state index in [0.717, 1.165) is 5.69 Å². The molecule has 1 amide bonds. The van der Waals surface area contributed by atoms with Gasteiger partial charge in [-0.05, 0) is 18.6 Å². The van der Waals surface area contributed by atoms with E-state index in [0.29, 0.717) is 24.5 Å². The van der Waals surface area contributed by atoms with Crippen molar-refractivity contribution in [3.63, 3.8) is 0 Å². The predicted molar refractivity (Wildman–Crippen MR) is 87.9 cm³/mol. The second kappa shape index (κ2) is 7.54. The normalized spacial score (nSPS) is 19.1. The molecule has 1 aromatic rings. The Hall–Kier alpha value is -1.96. The number of hydrogen-bond donors (Lipinski definition) is 2. The molecule has 1 aromatic carbocycles. The van der Waals surface area contributed by atoms with Crippen molar-refractivity contribution < 1.29 is 22.7 Å². The van der Waals surface area contributed by atoms with E-state index in [2.05, 4.69) is 10.6 Å². The molecule has 8 heteroatoms. The minimum absolute atomic E-state index is 0.0376. The maximum atomic E-state index is 11.9. The lowest BCUT2D eigenvalue weighted by molar-refractivity contribution is -0.121. The van der Waals surface area contributed by atoms with Crippen LogP contribution in [0.5, 0.6) is 11.5 Å². The van der Waals surface area contributed by atoms with Crippen LogP contribution in [-0.4, -0.2) is 52.6 Å². The Bertz CT molecular complexity index is 660. The van der Waals surface area contributed by atoms with Gasteiger partial charge in [-0.15, -0.1) is 0 Å². The van der Waals surface area contributed by atoms with E-state index < -0.39 is 9.84 Å². The molecule has 128 valence electrons. The molecular weight excluding hydrogens is 320 g/mol. The zero-order chi connectivity index (χ0) is 16.9. The van der Waals surface area contributed by atoms with Gasteiger partial charge in [0.25, 0.3) is 0 Å². The van der Waals surface area contributed by atoms with Crippen LogP contribution in [0.15, 0.2) is 18.2 Å². The Morgan fingerprint density at radius 3 is 2.70 bits per heavy atom. The number of anilines is 1. The van der Waals surface area contributed by atoms with E-state index in [1.54, 1.807) is 32.4 Å². The first-order valence-corrected chi connectivity index (χ1v) is 9.21. The molecule has 0 spiro atoms. The summed E-state index contributed by atoms with van der Waals surface area (Å²) in [6.07, 6.45) is 0.738.